The Balaban J connectivity index is 2.16. The lowest BCUT2D eigenvalue weighted by Gasteiger charge is -2.16. The highest BCUT2D eigenvalue weighted by Gasteiger charge is 2.43. The molecule has 6 nitrogen and oxygen atoms in total. The zero-order valence-electron chi connectivity index (χ0n) is 11.9. The van der Waals surface area contributed by atoms with Gasteiger partial charge in [-0.25, -0.2) is 9.67 Å². The van der Waals surface area contributed by atoms with Gasteiger partial charge >= 0.3 is 5.97 Å². The molecule has 0 amide bonds. The van der Waals surface area contributed by atoms with Gasteiger partial charge in [0.15, 0.2) is 10.8 Å². The number of aliphatic carboxylic acids is 1. The number of thioether (sulfide) groups is 1. The Morgan fingerprint density at radius 2 is 2.20 bits per heavy atom. The molecule has 108 valence electrons. The summed E-state index contributed by atoms with van der Waals surface area (Å²) in [5, 5.41) is 14.2. The van der Waals surface area contributed by atoms with Crippen molar-refractivity contribution >= 4 is 28.9 Å². The molecule has 0 radical (unpaired) electrons. The third-order valence-electron chi connectivity index (χ3n) is 3.82. The predicted molar refractivity (Wildman–Crippen MR) is 77.2 cm³/mol. The summed E-state index contributed by atoms with van der Waals surface area (Å²) in [7, 11) is 0. The van der Waals surface area contributed by atoms with Crippen LogP contribution in [0, 0.1) is 6.92 Å². The minimum Gasteiger partial charge on any atom is -0.481 e. The predicted octanol–water partition coefficient (Wildman–Crippen LogP) is 2.25. The van der Waals surface area contributed by atoms with Gasteiger partial charge in [0.1, 0.15) is 5.52 Å². The van der Waals surface area contributed by atoms with E-state index in [0.717, 1.165) is 41.4 Å². The van der Waals surface area contributed by atoms with Crippen LogP contribution in [0.25, 0.3) is 11.2 Å². The molecule has 0 aromatic carbocycles. The highest BCUT2D eigenvalue weighted by atomic mass is 32.2. The fraction of sp³-hybridized carbons (Fsp3) is 0.615. The van der Waals surface area contributed by atoms with Crippen LogP contribution in [-0.4, -0.2) is 36.2 Å². The molecule has 1 N–H and O–H groups in total. The molecule has 3 rings (SSSR count). The lowest BCUT2D eigenvalue weighted by molar-refractivity contribution is -0.133. The molecule has 1 aliphatic rings. The third kappa shape index (κ3) is 2.00. The van der Waals surface area contributed by atoms with Gasteiger partial charge in [-0.2, -0.15) is 5.10 Å². The number of aromatic nitrogens is 4. The van der Waals surface area contributed by atoms with E-state index in [4.69, 9.17) is 5.11 Å². The Morgan fingerprint density at radius 1 is 1.50 bits per heavy atom. The van der Waals surface area contributed by atoms with Crippen LogP contribution in [0.15, 0.2) is 5.16 Å². The first-order valence-corrected chi connectivity index (χ1v) is 7.76. The number of hydrogen-bond donors (Lipinski definition) is 1. The lowest BCUT2D eigenvalue weighted by Crippen LogP contribution is -2.17. The van der Waals surface area contributed by atoms with Crippen LogP contribution in [0.5, 0.6) is 0 Å². The van der Waals surface area contributed by atoms with E-state index in [2.05, 4.69) is 28.5 Å². The molecule has 1 fully saturated rings. The van der Waals surface area contributed by atoms with Crippen molar-refractivity contribution in [3.63, 3.8) is 0 Å². The van der Waals surface area contributed by atoms with Gasteiger partial charge in [0, 0.05) is 12.1 Å². The minimum atomic E-state index is -0.816. The number of imidazole rings is 1. The summed E-state index contributed by atoms with van der Waals surface area (Å²) >= 11 is 1.29. The Bertz CT molecular complexity index is 684. The van der Waals surface area contributed by atoms with Crippen LogP contribution in [0.1, 0.15) is 32.4 Å². The topological polar surface area (TPSA) is 72.9 Å². The second-order valence-corrected chi connectivity index (χ2v) is 6.43. The smallest absolute Gasteiger partial charge is 0.313 e. The highest BCUT2D eigenvalue weighted by Crippen LogP contribution is 2.47. The fourth-order valence-electron chi connectivity index (χ4n) is 2.48. The molecule has 2 aromatic rings. The van der Waals surface area contributed by atoms with Crippen LogP contribution < -0.4 is 0 Å². The SMILES string of the molecule is CCn1nc(C)c2nc(SCC(=O)O)n(C3(C)CC3)c21. The molecule has 7 heteroatoms. The van der Waals surface area contributed by atoms with Gasteiger partial charge in [-0.1, -0.05) is 11.8 Å². The zero-order chi connectivity index (χ0) is 14.5. The number of rotatable bonds is 5. The van der Waals surface area contributed by atoms with Crippen molar-refractivity contribution in [3.05, 3.63) is 5.69 Å². The van der Waals surface area contributed by atoms with Crippen LogP contribution in [-0.2, 0) is 16.9 Å². The molecular weight excluding hydrogens is 276 g/mol. The van der Waals surface area contributed by atoms with E-state index in [1.807, 2.05) is 11.6 Å². The second-order valence-electron chi connectivity index (χ2n) is 5.48. The molecule has 0 spiro atoms. The van der Waals surface area contributed by atoms with E-state index < -0.39 is 5.97 Å². The molecular formula is C13H18N4O2S. The zero-order valence-corrected chi connectivity index (χ0v) is 12.7. The Kier molecular flexibility index (Phi) is 3.04. The van der Waals surface area contributed by atoms with E-state index in [1.54, 1.807) is 0 Å². The number of hydrogen-bond acceptors (Lipinski definition) is 4. The third-order valence-corrected chi connectivity index (χ3v) is 4.74. The van der Waals surface area contributed by atoms with Crippen molar-refractivity contribution in [2.45, 2.75) is 50.9 Å². The molecule has 0 bridgehead atoms. The molecule has 0 aliphatic heterocycles. The second kappa shape index (κ2) is 4.51. The average molecular weight is 294 g/mol. The van der Waals surface area contributed by atoms with E-state index >= 15 is 0 Å². The summed E-state index contributed by atoms with van der Waals surface area (Å²) in [5.74, 6) is -0.780. The first kappa shape index (κ1) is 13.5. The van der Waals surface area contributed by atoms with Crippen molar-refractivity contribution in [3.8, 4) is 0 Å². The Morgan fingerprint density at radius 3 is 2.75 bits per heavy atom. The molecule has 2 aromatic heterocycles. The molecule has 1 saturated carbocycles. The van der Waals surface area contributed by atoms with Gasteiger partial charge in [-0.15, -0.1) is 0 Å². The summed E-state index contributed by atoms with van der Waals surface area (Å²) in [5.41, 5.74) is 2.89. The van der Waals surface area contributed by atoms with Crippen molar-refractivity contribution in [2.24, 2.45) is 0 Å². The first-order valence-electron chi connectivity index (χ1n) is 6.77. The largest absolute Gasteiger partial charge is 0.481 e. The summed E-state index contributed by atoms with van der Waals surface area (Å²) < 4.78 is 4.16. The highest BCUT2D eigenvalue weighted by molar-refractivity contribution is 7.99. The quantitative estimate of drug-likeness (QED) is 0.856. The molecule has 1 aliphatic carbocycles. The summed E-state index contributed by atoms with van der Waals surface area (Å²) in [6.07, 6.45) is 2.21. The van der Waals surface area contributed by atoms with Crippen LogP contribution >= 0.6 is 11.8 Å². The molecule has 0 saturated heterocycles. The number of aryl methyl sites for hydroxylation is 2. The monoisotopic (exact) mass is 294 g/mol. The van der Waals surface area contributed by atoms with Gasteiger partial charge in [0.25, 0.3) is 0 Å². The Labute approximate surface area is 121 Å². The van der Waals surface area contributed by atoms with Crippen LogP contribution in [0.4, 0.5) is 0 Å². The van der Waals surface area contributed by atoms with Crippen molar-refractivity contribution in [1.82, 2.24) is 19.3 Å². The normalized spacial score (nSPS) is 16.8. The molecule has 2 heterocycles. The first-order chi connectivity index (χ1) is 9.46. The standard InChI is InChI=1S/C13H18N4O2S/c1-4-16-11-10(8(2)15-16)14-12(20-7-9(18)19)17(11)13(3)5-6-13/h4-7H2,1-3H3,(H,18,19). The van der Waals surface area contributed by atoms with E-state index in [1.165, 1.54) is 11.8 Å². The van der Waals surface area contributed by atoms with Gasteiger partial charge in [-0.3, -0.25) is 9.36 Å². The lowest BCUT2D eigenvalue weighted by atomic mass is 10.3. The van der Waals surface area contributed by atoms with Gasteiger partial charge < -0.3 is 5.11 Å². The van der Waals surface area contributed by atoms with E-state index in [9.17, 15) is 4.79 Å². The Hall–Kier alpha value is -1.50. The van der Waals surface area contributed by atoms with Crippen LogP contribution in [0.3, 0.4) is 0 Å². The van der Waals surface area contributed by atoms with E-state index in [-0.39, 0.29) is 11.3 Å². The number of carboxylic acids is 1. The van der Waals surface area contributed by atoms with Gasteiger partial charge in [0.2, 0.25) is 0 Å². The molecule has 0 unspecified atom stereocenters. The van der Waals surface area contributed by atoms with Crippen LogP contribution in [0.2, 0.25) is 0 Å². The maximum absolute atomic E-state index is 10.8. The van der Waals surface area contributed by atoms with Gasteiger partial charge in [-0.05, 0) is 33.6 Å². The molecule has 20 heavy (non-hydrogen) atoms. The summed E-state index contributed by atoms with van der Waals surface area (Å²) in [6, 6.07) is 0. The van der Waals surface area contributed by atoms with Gasteiger partial charge in [0.05, 0.1) is 11.4 Å². The van der Waals surface area contributed by atoms with Crippen molar-refractivity contribution in [1.29, 1.82) is 0 Å². The van der Waals surface area contributed by atoms with E-state index in [0.29, 0.717) is 0 Å². The number of carbonyl (C=O) groups is 1. The van der Waals surface area contributed by atoms with Crippen molar-refractivity contribution in [2.75, 3.05) is 5.75 Å². The molecule has 0 atom stereocenters. The number of nitrogens with zero attached hydrogens (tertiary/aromatic N) is 4. The summed E-state index contributed by atoms with van der Waals surface area (Å²) in [4.78, 5) is 15.5. The maximum Gasteiger partial charge on any atom is 0.313 e. The average Bonchev–Trinajstić information content (AvgIpc) is 2.90. The fourth-order valence-corrected chi connectivity index (χ4v) is 3.33. The summed E-state index contributed by atoms with van der Waals surface area (Å²) in [6.45, 7) is 6.99. The number of fused-ring (bicyclic) bond motifs is 1. The van der Waals surface area contributed by atoms with Crippen molar-refractivity contribution < 1.29 is 9.90 Å². The number of carboxylic acid groups (broad SMARTS) is 1. The maximum atomic E-state index is 10.8. The minimum absolute atomic E-state index is 0.0360.